The number of aromatic nitrogens is 2. The number of fused-ring (bicyclic) bond motifs is 1. The number of likely N-dealkylation sites (tertiary alicyclic amines) is 1. The van der Waals surface area contributed by atoms with Gasteiger partial charge < -0.3 is 10.2 Å². The van der Waals surface area contributed by atoms with Gasteiger partial charge in [-0.2, -0.15) is 5.10 Å². The van der Waals surface area contributed by atoms with E-state index < -0.39 is 0 Å². The number of nitrogens with zero attached hydrogens (tertiary/aromatic N) is 2. The molecule has 1 aliphatic heterocycles. The van der Waals surface area contributed by atoms with Gasteiger partial charge >= 0.3 is 0 Å². The maximum Gasteiger partial charge on any atom is 0.272 e. The molecule has 1 aliphatic rings. The van der Waals surface area contributed by atoms with Gasteiger partial charge in [-0.25, -0.2) is 0 Å². The van der Waals surface area contributed by atoms with Gasteiger partial charge in [0.1, 0.15) is 0 Å². The Kier molecular flexibility index (Phi) is 4.20. The topological polar surface area (TPSA) is 61.0 Å². The number of benzene rings is 1. The lowest BCUT2D eigenvalue weighted by atomic mass is 10.1. The summed E-state index contributed by atoms with van der Waals surface area (Å²) in [6.45, 7) is 5.93. The maximum atomic E-state index is 12.3. The molecule has 2 aromatic rings. The van der Waals surface area contributed by atoms with Gasteiger partial charge in [0.05, 0.1) is 5.52 Å². The molecule has 1 fully saturated rings. The highest BCUT2D eigenvalue weighted by Crippen LogP contribution is 2.17. The first-order valence-electron chi connectivity index (χ1n) is 7.69. The Hall–Kier alpha value is -1.88. The summed E-state index contributed by atoms with van der Waals surface area (Å²) in [5, 5.41) is 10.9. The average molecular weight is 286 g/mol. The number of hydrogen-bond donors (Lipinski definition) is 2. The van der Waals surface area contributed by atoms with E-state index in [0.29, 0.717) is 12.2 Å². The van der Waals surface area contributed by atoms with Crippen LogP contribution in [0.15, 0.2) is 18.2 Å². The summed E-state index contributed by atoms with van der Waals surface area (Å²) in [5.74, 6) is -0.0936. The van der Waals surface area contributed by atoms with E-state index in [9.17, 15) is 4.79 Å². The molecule has 1 amide bonds. The Balaban J connectivity index is 1.60. The number of nitrogens with one attached hydrogen (secondary N) is 2. The number of piperidine rings is 1. The molecule has 0 aliphatic carbocycles. The highest BCUT2D eigenvalue weighted by atomic mass is 16.1. The van der Waals surface area contributed by atoms with Gasteiger partial charge in [-0.05, 0) is 45.0 Å². The molecule has 1 aromatic carbocycles. The van der Waals surface area contributed by atoms with E-state index in [1.165, 1.54) is 19.3 Å². The Labute approximate surface area is 124 Å². The minimum Gasteiger partial charge on any atom is -0.349 e. The zero-order valence-corrected chi connectivity index (χ0v) is 12.5. The van der Waals surface area contributed by atoms with Gasteiger partial charge in [-0.1, -0.05) is 18.1 Å². The molecule has 2 heterocycles. The van der Waals surface area contributed by atoms with Crippen molar-refractivity contribution in [1.29, 1.82) is 0 Å². The van der Waals surface area contributed by atoms with Crippen LogP contribution in [0.3, 0.4) is 0 Å². The van der Waals surface area contributed by atoms with Crippen LogP contribution >= 0.6 is 0 Å². The van der Waals surface area contributed by atoms with Crippen LogP contribution in [0, 0.1) is 6.92 Å². The SMILES string of the molecule is Cc1ccc2[nH]nc(C(=O)NCCN3CCCCC3)c2c1. The molecule has 0 atom stereocenters. The number of hydrogen-bond acceptors (Lipinski definition) is 3. The third-order valence-electron chi connectivity index (χ3n) is 4.10. The third-order valence-corrected chi connectivity index (χ3v) is 4.10. The van der Waals surface area contributed by atoms with Gasteiger partial charge in [0.2, 0.25) is 0 Å². The molecule has 0 unspecified atom stereocenters. The summed E-state index contributed by atoms with van der Waals surface area (Å²) in [6, 6.07) is 5.97. The summed E-state index contributed by atoms with van der Waals surface area (Å²) >= 11 is 0. The second-order valence-corrected chi connectivity index (χ2v) is 5.78. The second-order valence-electron chi connectivity index (χ2n) is 5.78. The van der Waals surface area contributed by atoms with E-state index in [1.54, 1.807) is 0 Å². The van der Waals surface area contributed by atoms with E-state index in [4.69, 9.17) is 0 Å². The van der Waals surface area contributed by atoms with Gasteiger partial charge in [0.15, 0.2) is 5.69 Å². The Bertz CT molecular complexity index is 628. The molecule has 0 saturated carbocycles. The number of aryl methyl sites for hydroxylation is 1. The highest BCUT2D eigenvalue weighted by molar-refractivity contribution is 6.04. The summed E-state index contributed by atoms with van der Waals surface area (Å²) in [5.41, 5.74) is 2.53. The van der Waals surface area contributed by atoms with Crippen LogP contribution in [0.5, 0.6) is 0 Å². The molecule has 0 bridgehead atoms. The van der Waals surface area contributed by atoms with E-state index in [1.807, 2.05) is 25.1 Å². The van der Waals surface area contributed by atoms with Crippen molar-refractivity contribution in [1.82, 2.24) is 20.4 Å². The van der Waals surface area contributed by atoms with Crippen molar-refractivity contribution in [3.63, 3.8) is 0 Å². The lowest BCUT2D eigenvalue weighted by Gasteiger charge is -2.26. The summed E-state index contributed by atoms with van der Waals surface area (Å²) < 4.78 is 0. The normalized spacial score (nSPS) is 16.2. The lowest BCUT2D eigenvalue weighted by Crippen LogP contribution is -2.37. The summed E-state index contributed by atoms with van der Waals surface area (Å²) in [4.78, 5) is 14.7. The first kappa shape index (κ1) is 14.1. The van der Waals surface area contributed by atoms with Crippen molar-refractivity contribution in [2.45, 2.75) is 26.2 Å². The molecule has 5 nitrogen and oxygen atoms in total. The average Bonchev–Trinajstić information content (AvgIpc) is 2.91. The Morgan fingerprint density at radius 3 is 2.95 bits per heavy atom. The number of carbonyl (C=O) groups is 1. The van der Waals surface area contributed by atoms with Crippen LogP contribution in [0.4, 0.5) is 0 Å². The molecule has 1 saturated heterocycles. The Morgan fingerprint density at radius 1 is 1.33 bits per heavy atom. The molecular formula is C16H22N4O. The molecule has 2 N–H and O–H groups in total. The number of amides is 1. The number of H-pyrrole nitrogens is 1. The van der Waals surface area contributed by atoms with Gasteiger partial charge in [0.25, 0.3) is 5.91 Å². The maximum absolute atomic E-state index is 12.3. The molecule has 1 aromatic heterocycles. The summed E-state index contributed by atoms with van der Waals surface area (Å²) in [6.07, 6.45) is 3.88. The zero-order chi connectivity index (χ0) is 14.7. The van der Waals surface area contributed by atoms with Crippen molar-refractivity contribution < 1.29 is 4.79 Å². The fourth-order valence-electron chi connectivity index (χ4n) is 2.90. The molecule has 5 heteroatoms. The predicted molar refractivity (Wildman–Crippen MR) is 83.5 cm³/mol. The quantitative estimate of drug-likeness (QED) is 0.904. The van der Waals surface area contributed by atoms with E-state index in [0.717, 1.165) is 36.1 Å². The smallest absolute Gasteiger partial charge is 0.272 e. The van der Waals surface area contributed by atoms with Crippen LogP contribution in [0.25, 0.3) is 10.9 Å². The minimum atomic E-state index is -0.0936. The van der Waals surface area contributed by atoms with Crippen molar-refractivity contribution in [3.8, 4) is 0 Å². The van der Waals surface area contributed by atoms with Crippen molar-refractivity contribution in [2.24, 2.45) is 0 Å². The van der Waals surface area contributed by atoms with E-state index in [-0.39, 0.29) is 5.91 Å². The highest BCUT2D eigenvalue weighted by Gasteiger charge is 2.15. The van der Waals surface area contributed by atoms with Crippen LogP contribution in [-0.4, -0.2) is 47.2 Å². The largest absolute Gasteiger partial charge is 0.349 e. The van der Waals surface area contributed by atoms with Crippen LogP contribution < -0.4 is 5.32 Å². The first-order valence-corrected chi connectivity index (χ1v) is 7.69. The molecule has 0 spiro atoms. The Morgan fingerprint density at radius 2 is 2.14 bits per heavy atom. The molecule has 0 radical (unpaired) electrons. The number of carbonyl (C=O) groups excluding carboxylic acids is 1. The van der Waals surface area contributed by atoms with E-state index in [2.05, 4.69) is 20.4 Å². The monoisotopic (exact) mass is 286 g/mol. The van der Waals surface area contributed by atoms with E-state index >= 15 is 0 Å². The number of rotatable bonds is 4. The standard InChI is InChI=1S/C16H22N4O/c1-12-5-6-14-13(11-12)15(19-18-14)16(21)17-7-10-20-8-3-2-4-9-20/h5-6,11H,2-4,7-10H2,1H3,(H,17,21)(H,18,19). The van der Waals surface area contributed by atoms with Gasteiger partial charge in [0, 0.05) is 18.5 Å². The fraction of sp³-hybridized carbons (Fsp3) is 0.500. The zero-order valence-electron chi connectivity index (χ0n) is 12.5. The molecular weight excluding hydrogens is 264 g/mol. The summed E-state index contributed by atoms with van der Waals surface area (Å²) in [7, 11) is 0. The minimum absolute atomic E-state index is 0.0936. The lowest BCUT2D eigenvalue weighted by molar-refractivity contribution is 0.0943. The van der Waals surface area contributed by atoms with Gasteiger partial charge in [-0.3, -0.25) is 9.89 Å². The second kappa shape index (κ2) is 6.26. The van der Waals surface area contributed by atoms with Crippen LogP contribution in [0.2, 0.25) is 0 Å². The number of aromatic amines is 1. The predicted octanol–water partition coefficient (Wildman–Crippen LogP) is 2.09. The molecule has 3 rings (SSSR count). The fourth-order valence-corrected chi connectivity index (χ4v) is 2.90. The first-order chi connectivity index (χ1) is 10.2. The van der Waals surface area contributed by atoms with Crippen molar-refractivity contribution >= 4 is 16.8 Å². The van der Waals surface area contributed by atoms with Gasteiger partial charge in [-0.15, -0.1) is 0 Å². The van der Waals surface area contributed by atoms with Crippen LogP contribution in [-0.2, 0) is 0 Å². The van der Waals surface area contributed by atoms with Crippen molar-refractivity contribution in [2.75, 3.05) is 26.2 Å². The molecule has 112 valence electrons. The van der Waals surface area contributed by atoms with Crippen molar-refractivity contribution in [3.05, 3.63) is 29.5 Å². The molecule has 21 heavy (non-hydrogen) atoms. The van der Waals surface area contributed by atoms with Crippen LogP contribution in [0.1, 0.15) is 35.3 Å². The third kappa shape index (κ3) is 3.24.